The van der Waals surface area contributed by atoms with Crippen LogP contribution in [0, 0.1) is 4.91 Å². The third-order valence-corrected chi connectivity index (χ3v) is 3.16. The van der Waals surface area contributed by atoms with Crippen LogP contribution in [0.1, 0.15) is 20.7 Å². The SMILES string of the molecule is O=Nc1ccccc1C(=O)OCC(O)COC(=O)c1ccccc1O. The number of aromatic hydroxyl groups is 1. The van der Waals surface area contributed by atoms with Crippen molar-refractivity contribution in [2.75, 3.05) is 13.2 Å². The second kappa shape index (κ2) is 8.55. The second-order valence-electron chi connectivity index (χ2n) is 4.98. The van der Waals surface area contributed by atoms with Crippen LogP contribution in [0.15, 0.2) is 53.7 Å². The number of nitroso groups, excluding NO2 is 1. The summed E-state index contributed by atoms with van der Waals surface area (Å²) in [6.07, 6.45) is -1.27. The molecular formula is C17H15NO7. The summed E-state index contributed by atoms with van der Waals surface area (Å²) in [5, 5.41) is 22.0. The van der Waals surface area contributed by atoms with Gasteiger partial charge in [0, 0.05) is 0 Å². The van der Waals surface area contributed by atoms with Crippen LogP contribution in [0.3, 0.4) is 0 Å². The smallest absolute Gasteiger partial charge is 0.342 e. The van der Waals surface area contributed by atoms with E-state index in [4.69, 9.17) is 9.47 Å². The number of hydrogen-bond acceptors (Lipinski definition) is 8. The fraction of sp³-hybridized carbons (Fsp3) is 0.176. The molecular weight excluding hydrogens is 330 g/mol. The van der Waals surface area contributed by atoms with Crippen LogP contribution >= 0.6 is 0 Å². The van der Waals surface area contributed by atoms with Gasteiger partial charge in [0.1, 0.15) is 36.3 Å². The maximum atomic E-state index is 11.9. The zero-order valence-corrected chi connectivity index (χ0v) is 13.0. The van der Waals surface area contributed by atoms with Crippen LogP contribution in [0.4, 0.5) is 5.69 Å². The van der Waals surface area contributed by atoms with Gasteiger partial charge in [0.05, 0.1) is 5.56 Å². The summed E-state index contributed by atoms with van der Waals surface area (Å²) in [7, 11) is 0. The van der Waals surface area contributed by atoms with Crippen molar-refractivity contribution in [1.29, 1.82) is 0 Å². The van der Waals surface area contributed by atoms with E-state index in [0.717, 1.165) is 0 Å². The molecule has 0 bridgehead atoms. The second-order valence-corrected chi connectivity index (χ2v) is 4.98. The normalized spacial score (nSPS) is 11.4. The molecule has 0 aliphatic rings. The molecule has 0 spiro atoms. The molecule has 0 radical (unpaired) electrons. The number of carbonyl (C=O) groups is 2. The zero-order valence-electron chi connectivity index (χ0n) is 13.0. The van der Waals surface area contributed by atoms with Crippen LogP contribution in [-0.4, -0.2) is 41.5 Å². The molecule has 0 aliphatic heterocycles. The minimum absolute atomic E-state index is 0.0316. The standard InChI is InChI=1S/C17H15NO7/c19-11(10-25-17(22)13-6-2-4-8-15(13)20)9-24-16(21)12-5-1-3-7-14(12)18-23/h1-8,11,19-20H,9-10H2. The molecule has 0 aromatic heterocycles. The highest BCUT2D eigenvalue weighted by Gasteiger charge is 2.17. The fourth-order valence-electron chi connectivity index (χ4n) is 1.92. The summed E-state index contributed by atoms with van der Waals surface area (Å²) < 4.78 is 9.71. The molecule has 8 heteroatoms. The van der Waals surface area contributed by atoms with E-state index in [1.165, 1.54) is 30.3 Å². The molecule has 2 rings (SSSR count). The van der Waals surface area contributed by atoms with Crippen LogP contribution in [-0.2, 0) is 9.47 Å². The number of aliphatic hydroxyl groups excluding tert-OH is 1. The van der Waals surface area contributed by atoms with Crippen molar-refractivity contribution >= 4 is 17.6 Å². The minimum atomic E-state index is -1.27. The summed E-state index contributed by atoms with van der Waals surface area (Å²) in [6.45, 7) is -0.881. The third kappa shape index (κ3) is 4.85. The predicted molar refractivity (Wildman–Crippen MR) is 86.6 cm³/mol. The molecule has 1 unspecified atom stereocenters. The van der Waals surface area contributed by atoms with E-state index in [1.54, 1.807) is 18.2 Å². The Bertz CT molecular complexity index is 775. The van der Waals surface area contributed by atoms with Gasteiger partial charge in [0.2, 0.25) is 0 Å². The zero-order chi connectivity index (χ0) is 18.2. The number of carbonyl (C=O) groups excluding carboxylic acids is 2. The van der Waals surface area contributed by atoms with Gasteiger partial charge in [-0.05, 0) is 29.4 Å². The number of rotatable bonds is 7. The van der Waals surface area contributed by atoms with Gasteiger partial charge in [-0.1, -0.05) is 24.3 Å². The van der Waals surface area contributed by atoms with Crippen molar-refractivity contribution in [3.63, 3.8) is 0 Å². The lowest BCUT2D eigenvalue weighted by molar-refractivity contribution is -0.00475. The van der Waals surface area contributed by atoms with Crippen LogP contribution < -0.4 is 0 Å². The van der Waals surface area contributed by atoms with E-state index < -0.39 is 31.3 Å². The van der Waals surface area contributed by atoms with Gasteiger partial charge in [-0.25, -0.2) is 9.59 Å². The number of para-hydroxylation sites is 1. The number of phenols is 1. The molecule has 8 nitrogen and oxygen atoms in total. The van der Waals surface area contributed by atoms with Crippen LogP contribution in [0.2, 0.25) is 0 Å². The molecule has 1 atom stereocenters. The molecule has 0 heterocycles. The van der Waals surface area contributed by atoms with E-state index >= 15 is 0 Å². The largest absolute Gasteiger partial charge is 0.507 e. The first kappa shape index (κ1) is 18.1. The van der Waals surface area contributed by atoms with Gasteiger partial charge in [0.25, 0.3) is 0 Å². The van der Waals surface area contributed by atoms with Gasteiger partial charge in [-0.15, -0.1) is 4.91 Å². The quantitative estimate of drug-likeness (QED) is 0.582. The first-order valence-corrected chi connectivity index (χ1v) is 7.25. The van der Waals surface area contributed by atoms with Crippen LogP contribution in [0.5, 0.6) is 5.75 Å². The lowest BCUT2D eigenvalue weighted by Crippen LogP contribution is -2.25. The molecule has 2 N–H and O–H groups in total. The van der Waals surface area contributed by atoms with Crippen molar-refractivity contribution in [2.24, 2.45) is 5.18 Å². The number of benzene rings is 2. The first-order valence-electron chi connectivity index (χ1n) is 7.25. The molecule has 0 fully saturated rings. The Morgan fingerprint density at radius 1 is 0.920 bits per heavy atom. The van der Waals surface area contributed by atoms with Crippen molar-refractivity contribution in [3.8, 4) is 5.75 Å². The van der Waals surface area contributed by atoms with E-state index in [2.05, 4.69) is 5.18 Å². The number of phenolic OH excluding ortho intramolecular Hbond substituents is 1. The monoisotopic (exact) mass is 345 g/mol. The number of aliphatic hydroxyl groups is 1. The fourth-order valence-corrected chi connectivity index (χ4v) is 1.92. The average Bonchev–Trinajstić information content (AvgIpc) is 2.64. The van der Waals surface area contributed by atoms with Gasteiger partial charge in [-0.3, -0.25) is 0 Å². The van der Waals surface area contributed by atoms with Crippen molar-refractivity contribution in [1.82, 2.24) is 0 Å². The topological polar surface area (TPSA) is 122 Å². The molecule has 25 heavy (non-hydrogen) atoms. The Morgan fingerprint density at radius 3 is 2.04 bits per heavy atom. The molecule has 0 saturated heterocycles. The lowest BCUT2D eigenvalue weighted by Gasteiger charge is -2.12. The maximum Gasteiger partial charge on any atom is 0.342 e. The summed E-state index contributed by atoms with van der Waals surface area (Å²) in [4.78, 5) is 34.2. The molecule has 0 aliphatic carbocycles. The van der Waals surface area contributed by atoms with Gasteiger partial charge in [-0.2, -0.15) is 0 Å². The maximum absolute atomic E-state index is 11.9. The minimum Gasteiger partial charge on any atom is -0.507 e. The van der Waals surface area contributed by atoms with Crippen molar-refractivity contribution in [2.45, 2.75) is 6.10 Å². The molecule has 2 aromatic rings. The summed E-state index contributed by atoms with van der Waals surface area (Å²) in [5.74, 6) is -1.90. The predicted octanol–water partition coefficient (Wildman–Crippen LogP) is 2.16. The van der Waals surface area contributed by atoms with Crippen molar-refractivity contribution < 1.29 is 29.3 Å². The highest BCUT2D eigenvalue weighted by atomic mass is 16.6. The van der Waals surface area contributed by atoms with Gasteiger partial charge >= 0.3 is 11.9 Å². The van der Waals surface area contributed by atoms with E-state index in [9.17, 15) is 24.7 Å². The lowest BCUT2D eigenvalue weighted by atomic mass is 10.2. The summed E-state index contributed by atoms with van der Waals surface area (Å²) in [5.41, 5.74) is -0.151. The molecule has 0 amide bonds. The third-order valence-electron chi connectivity index (χ3n) is 3.16. The average molecular weight is 345 g/mol. The Kier molecular flexibility index (Phi) is 6.19. The van der Waals surface area contributed by atoms with Gasteiger partial charge < -0.3 is 19.7 Å². The highest BCUT2D eigenvalue weighted by Crippen LogP contribution is 2.19. The molecule has 0 saturated carbocycles. The van der Waals surface area contributed by atoms with Crippen molar-refractivity contribution in [3.05, 3.63) is 64.6 Å². The molecule has 2 aromatic carbocycles. The van der Waals surface area contributed by atoms with Gasteiger partial charge in [0.15, 0.2) is 0 Å². The highest BCUT2D eigenvalue weighted by molar-refractivity contribution is 5.94. The van der Waals surface area contributed by atoms with E-state index in [1.807, 2.05) is 0 Å². The Labute approximate surface area is 142 Å². The first-order chi connectivity index (χ1) is 12.0. The number of esters is 2. The number of ether oxygens (including phenoxy) is 2. The Balaban J connectivity index is 1.83. The summed E-state index contributed by atoms with van der Waals surface area (Å²) in [6, 6.07) is 11.6. The number of hydrogen-bond donors (Lipinski definition) is 2. The molecule has 130 valence electrons. The van der Waals surface area contributed by atoms with E-state index in [-0.39, 0.29) is 22.6 Å². The van der Waals surface area contributed by atoms with E-state index in [0.29, 0.717) is 0 Å². The van der Waals surface area contributed by atoms with Crippen LogP contribution in [0.25, 0.3) is 0 Å². The number of nitrogens with zero attached hydrogens (tertiary/aromatic N) is 1. The summed E-state index contributed by atoms with van der Waals surface area (Å²) >= 11 is 0. The Hall–Kier alpha value is -3.26. The Morgan fingerprint density at radius 2 is 1.44 bits per heavy atom.